The summed E-state index contributed by atoms with van der Waals surface area (Å²) in [6.45, 7) is 4.82. The number of amides is 3. The highest BCUT2D eigenvalue weighted by atomic mass is 19.4. The molecule has 1 aromatic carbocycles. The summed E-state index contributed by atoms with van der Waals surface area (Å²) >= 11 is 0. The lowest BCUT2D eigenvalue weighted by atomic mass is 10.0. The second kappa shape index (κ2) is 8.63. The molecule has 156 valence electrons. The van der Waals surface area contributed by atoms with Gasteiger partial charge in [-0.05, 0) is 32.0 Å². The Labute approximate surface area is 166 Å². The molecule has 1 saturated heterocycles. The van der Waals surface area contributed by atoms with Gasteiger partial charge in [-0.15, -0.1) is 0 Å². The van der Waals surface area contributed by atoms with Crippen LogP contribution >= 0.6 is 0 Å². The largest absolute Gasteiger partial charge is 0.417 e. The van der Waals surface area contributed by atoms with Crippen molar-refractivity contribution in [2.45, 2.75) is 25.6 Å². The summed E-state index contributed by atoms with van der Waals surface area (Å²) in [6, 6.07) is 3.52. The molecule has 0 aliphatic carbocycles. The van der Waals surface area contributed by atoms with Gasteiger partial charge in [0.15, 0.2) is 0 Å². The van der Waals surface area contributed by atoms with Gasteiger partial charge in [0.25, 0.3) is 5.91 Å². The van der Waals surface area contributed by atoms with Crippen molar-refractivity contribution in [3.05, 3.63) is 41.5 Å². The van der Waals surface area contributed by atoms with Gasteiger partial charge in [-0.2, -0.15) is 18.4 Å². The quantitative estimate of drug-likeness (QED) is 0.408. The van der Waals surface area contributed by atoms with Gasteiger partial charge in [0.05, 0.1) is 22.9 Å². The summed E-state index contributed by atoms with van der Waals surface area (Å²) in [5.41, 5.74) is 2.13. The fourth-order valence-electron chi connectivity index (χ4n) is 2.92. The molecule has 10 heteroatoms. The Morgan fingerprint density at radius 3 is 2.55 bits per heavy atom. The minimum Gasteiger partial charge on any atom is -0.329 e. The van der Waals surface area contributed by atoms with Crippen LogP contribution in [-0.4, -0.2) is 48.6 Å². The third-order valence-electron chi connectivity index (χ3n) is 4.55. The summed E-state index contributed by atoms with van der Waals surface area (Å²) in [4.78, 5) is 27.6. The lowest BCUT2D eigenvalue weighted by Crippen LogP contribution is -2.44. The van der Waals surface area contributed by atoms with Crippen molar-refractivity contribution in [3.63, 3.8) is 0 Å². The number of benzene rings is 1. The molecule has 1 aliphatic rings. The molecule has 0 bridgehead atoms. The predicted octanol–water partition coefficient (Wildman–Crippen LogP) is 2.23. The fraction of sp³-hybridized carbons (Fsp3) is 0.421. The van der Waals surface area contributed by atoms with E-state index in [2.05, 4.69) is 5.32 Å². The van der Waals surface area contributed by atoms with Crippen LogP contribution in [0.25, 0.3) is 0 Å². The van der Waals surface area contributed by atoms with Crippen LogP contribution in [-0.2, 0) is 11.0 Å². The third kappa shape index (κ3) is 4.58. The molecule has 0 radical (unpaired) electrons. The Kier molecular flexibility index (Phi) is 6.66. The summed E-state index contributed by atoms with van der Waals surface area (Å²) in [7, 11) is 0. The molecular weight excluding hydrogens is 387 g/mol. The zero-order valence-corrected chi connectivity index (χ0v) is 16.1. The van der Waals surface area contributed by atoms with Gasteiger partial charge in [0, 0.05) is 26.2 Å². The van der Waals surface area contributed by atoms with Gasteiger partial charge < -0.3 is 16.0 Å². The number of anilines is 1. The minimum atomic E-state index is -4.79. The minimum absolute atomic E-state index is 0.112. The van der Waals surface area contributed by atoms with Gasteiger partial charge in [-0.1, -0.05) is 12.2 Å². The van der Waals surface area contributed by atoms with Crippen molar-refractivity contribution in [2.75, 3.05) is 31.1 Å². The van der Waals surface area contributed by atoms with E-state index in [-0.39, 0.29) is 12.2 Å². The second-order valence-electron chi connectivity index (χ2n) is 6.90. The van der Waals surface area contributed by atoms with Crippen molar-refractivity contribution < 1.29 is 22.8 Å². The SMILES string of the molecule is CC1(C)C(=O)N(c2ccc(C#N)c(C(F)(F)F)c2)C(=O)N1CC=CCNCCN. The van der Waals surface area contributed by atoms with E-state index >= 15 is 0 Å². The van der Waals surface area contributed by atoms with E-state index in [1.54, 1.807) is 12.2 Å². The Bertz CT molecular complexity index is 858. The number of halogens is 3. The Hall–Kier alpha value is -2.90. The van der Waals surface area contributed by atoms with Crippen molar-refractivity contribution in [1.82, 2.24) is 10.2 Å². The number of imide groups is 1. The molecule has 1 aliphatic heterocycles. The summed E-state index contributed by atoms with van der Waals surface area (Å²) in [5.74, 6) is -0.644. The van der Waals surface area contributed by atoms with Gasteiger partial charge >= 0.3 is 12.2 Å². The number of hydrogen-bond donors (Lipinski definition) is 2. The maximum Gasteiger partial charge on any atom is 0.417 e. The second-order valence-corrected chi connectivity index (χ2v) is 6.90. The molecule has 0 spiro atoms. The number of carbonyl (C=O) groups excluding carboxylic acids is 2. The van der Waals surface area contributed by atoms with Crippen molar-refractivity contribution in [1.29, 1.82) is 5.26 Å². The summed E-state index contributed by atoms with van der Waals surface area (Å²) in [6.07, 6.45) is -1.32. The predicted molar refractivity (Wildman–Crippen MR) is 101 cm³/mol. The van der Waals surface area contributed by atoms with E-state index in [0.717, 1.165) is 17.0 Å². The van der Waals surface area contributed by atoms with E-state index in [1.807, 2.05) is 0 Å². The topological polar surface area (TPSA) is 102 Å². The van der Waals surface area contributed by atoms with E-state index in [4.69, 9.17) is 11.0 Å². The number of nitrogens with zero attached hydrogens (tertiary/aromatic N) is 3. The zero-order chi connectivity index (χ0) is 21.8. The monoisotopic (exact) mass is 409 g/mol. The number of hydrogen-bond acceptors (Lipinski definition) is 5. The molecule has 3 N–H and O–H groups in total. The summed E-state index contributed by atoms with van der Waals surface area (Å²) < 4.78 is 39.7. The summed E-state index contributed by atoms with van der Waals surface area (Å²) in [5, 5.41) is 12.0. The molecule has 1 fully saturated rings. The van der Waals surface area contributed by atoms with E-state index in [9.17, 15) is 22.8 Å². The van der Waals surface area contributed by atoms with Crippen LogP contribution in [0.15, 0.2) is 30.4 Å². The van der Waals surface area contributed by atoms with Crippen LogP contribution in [0.3, 0.4) is 0 Å². The molecule has 3 amide bonds. The lowest BCUT2D eigenvalue weighted by molar-refractivity contribution is -0.137. The highest BCUT2D eigenvalue weighted by Crippen LogP contribution is 2.37. The van der Waals surface area contributed by atoms with Crippen molar-refractivity contribution >= 4 is 17.6 Å². The first-order valence-corrected chi connectivity index (χ1v) is 8.89. The molecule has 0 unspecified atom stereocenters. The van der Waals surface area contributed by atoms with E-state index < -0.39 is 34.8 Å². The van der Waals surface area contributed by atoms with Gasteiger partial charge in [-0.3, -0.25) is 4.79 Å². The molecule has 1 aromatic rings. The lowest BCUT2D eigenvalue weighted by Gasteiger charge is -2.26. The molecule has 29 heavy (non-hydrogen) atoms. The van der Waals surface area contributed by atoms with Gasteiger partial charge in [0.2, 0.25) is 0 Å². The number of nitrogens with two attached hydrogens (primary N) is 1. The number of nitriles is 1. The Morgan fingerprint density at radius 2 is 1.97 bits per heavy atom. The van der Waals surface area contributed by atoms with Crippen LogP contribution < -0.4 is 16.0 Å². The fourth-order valence-corrected chi connectivity index (χ4v) is 2.92. The maximum absolute atomic E-state index is 13.2. The Morgan fingerprint density at radius 1 is 1.28 bits per heavy atom. The average molecular weight is 409 g/mol. The van der Waals surface area contributed by atoms with Crippen LogP contribution in [0.2, 0.25) is 0 Å². The maximum atomic E-state index is 13.2. The highest BCUT2D eigenvalue weighted by molar-refractivity contribution is 6.23. The zero-order valence-electron chi connectivity index (χ0n) is 16.1. The molecular formula is C19H22F3N5O2. The highest BCUT2D eigenvalue weighted by Gasteiger charge is 2.51. The Balaban J connectivity index is 2.30. The van der Waals surface area contributed by atoms with Crippen LogP contribution in [0.5, 0.6) is 0 Å². The van der Waals surface area contributed by atoms with Gasteiger partial charge in [0.1, 0.15) is 5.54 Å². The van der Waals surface area contributed by atoms with Crippen LogP contribution in [0, 0.1) is 11.3 Å². The van der Waals surface area contributed by atoms with Crippen LogP contribution in [0.1, 0.15) is 25.0 Å². The first-order chi connectivity index (χ1) is 13.6. The first kappa shape index (κ1) is 22.4. The third-order valence-corrected chi connectivity index (χ3v) is 4.55. The van der Waals surface area contributed by atoms with Crippen molar-refractivity contribution in [2.24, 2.45) is 5.73 Å². The number of rotatable bonds is 7. The van der Waals surface area contributed by atoms with Crippen LogP contribution in [0.4, 0.5) is 23.7 Å². The standard InChI is InChI=1S/C19H22F3N5O2/c1-18(2)16(28)27(17(29)26(18)10-4-3-8-25-9-7-23)14-6-5-13(12-24)15(11-14)19(20,21)22/h3-6,11,25H,7-10,23H2,1-2H3. The molecule has 2 rings (SSSR count). The smallest absolute Gasteiger partial charge is 0.329 e. The molecule has 0 aromatic heterocycles. The van der Waals surface area contributed by atoms with E-state index in [0.29, 0.717) is 25.7 Å². The first-order valence-electron chi connectivity index (χ1n) is 8.89. The van der Waals surface area contributed by atoms with E-state index in [1.165, 1.54) is 24.8 Å². The van der Waals surface area contributed by atoms with Gasteiger partial charge in [-0.25, -0.2) is 9.69 Å². The number of carbonyl (C=O) groups is 2. The normalized spacial score (nSPS) is 16.7. The number of alkyl halides is 3. The molecule has 1 heterocycles. The van der Waals surface area contributed by atoms with Crippen molar-refractivity contribution in [3.8, 4) is 6.07 Å². The average Bonchev–Trinajstić information content (AvgIpc) is 2.82. The number of urea groups is 1. The molecule has 7 nitrogen and oxygen atoms in total. The molecule has 0 atom stereocenters. The molecule has 0 saturated carbocycles. The number of nitrogens with one attached hydrogen (secondary N) is 1.